The Hall–Kier alpha value is -1.85. The average Bonchev–Trinajstić information content (AvgIpc) is 3.31. The number of ether oxygens (including phenoxy) is 1. The van der Waals surface area contributed by atoms with Gasteiger partial charge in [-0.3, -0.25) is 4.99 Å². The van der Waals surface area contributed by atoms with Crippen molar-refractivity contribution in [1.82, 2.24) is 10.6 Å². The number of para-hydroxylation sites is 1. The molecule has 0 amide bonds. The van der Waals surface area contributed by atoms with Crippen LogP contribution in [0.3, 0.4) is 0 Å². The third-order valence-electron chi connectivity index (χ3n) is 3.64. The average molecular weight is 311 g/mol. The van der Waals surface area contributed by atoms with Crippen molar-refractivity contribution in [2.75, 3.05) is 13.6 Å². The number of alkyl halides is 2. The largest absolute Gasteiger partial charge is 0.434 e. The normalized spacial score (nSPS) is 15.0. The number of rotatable bonds is 8. The molecule has 0 spiro atoms. The van der Waals surface area contributed by atoms with Gasteiger partial charge in [0.05, 0.1) is 0 Å². The Morgan fingerprint density at radius 3 is 2.77 bits per heavy atom. The monoisotopic (exact) mass is 311 g/mol. The molecule has 6 heteroatoms. The van der Waals surface area contributed by atoms with Gasteiger partial charge in [0.15, 0.2) is 5.96 Å². The molecule has 0 radical (unpaired) electrons. The van der Waals surface area contributed by atoms with E-state index in [0.29, 0.717) is 18.1 Å². The smallest absolute Gasteiger partial charge is 0.387 e. The molecule has 1 aromatic carbocycles. The van der Waals surface area contributed by atoms with Crippen molar-refractivity contribution in [2.45, 2.75) is 38.8 Å². The number of halogens is 2. The van der Waals surface area contributed by atoms with E-state index >= 15 is 0 Å². The molecule has 0 unspecified atom stereocenters. The molecule has 1 saturated carbocycles. The van der Waals surface area contributed by atoms with Crippen LogP contribution >= 0.6 is 0 Å². The van der Waals surface area contributed by atoms with E-state index < -0.39 is 6.61 Å². The lowest BCUT2D eigenvalue weighted by Gasteiger charge is -2.14. The molecule has 0 aromatic heterocycles. The Bertz CT molecular complexity index is 490. The Morgan fingerprint density at radius 1 is 1.32 bits per heavy atom. The molecule has 0 bridgehead atoms. The summed E-state index contributed by atoms with van der Waals surface area (Å²) in [5, 5.41) is 6.35. The van der Waals surface area contributed by atoms with Gasteiger partial charge in [0, 0.05) is 25.7 Å². The van der Waals surface area contributed by atoms with Crippen molar-refractivity contribution in [1.29, 1.82) is 0 Å². The van der Waals surface area contributed by atoms with Gasteiger partial charge in [-0.05, 0) is 24.8 Å². The van der Waals surface area contributed by atoms with Crippen LogP contribution in [0.1, 0.15) is 31.2 Å². The number of benzene rings is 1. The molecule has 1 fully saturated rings. The van der Waals surface area contributed by atoms with Gasteiger partial charge in [0.2, 0.25) is 0 Å². The minimum Gasteiger partial charge on any atom is -0.434 e. The summed E-state index contributed by atoms with van der Waals surface area (Å²) in [5.41, 5.74) is 0.670. The lowest BCUT2D eigenvalue weighted by Crippen LogP contribution is -2.37. The van der Waals surface area contributed by atoms with Crippen molar-refractivity contribution >= 4 is 5.96 Å². The van der Waals surface area contributed by atoms with Gasteiger partial charge in [0.25, 0.3) is 0 Å². The zero-order valence-electron chi connectivity index (χ0n) is 12.8. The molecule has 22 heavy (non-hydrogen) atoms. The molecular formula is C16H23F2N3O. The topological polar surface area (TPSA) is 45.7 Å². The molecule has 0 saturated heterocycles. The summed E-state index contributed by atoms with van der Waals surface area (Å²) in [6, 6.07) is 6.76. The van der Waals surface area contributed by atoms with Crippen LogP contribution in [0.4, 0.5) is 8.78 Å². The predicted molar refractivity (Wildman–Crippen MR) is 83.2 cm³/mol. The lowest BCUT2D eigenvalue weighted by atomic mass is 10.2. The molecule has 2 N–H and O–H groups in total. The fourth-order valence-corrected chi connectivity index (χ4v) is 2.26. The molecule has 0 atom stereocenters. The summed E-state index contributed by atoms with van der Waals surface area (Å²) in [7, 11) is 1.69. The highest BCUT2D eigenvalue weighted by Gasteiger charge is 2.20. The van der Waals surface area contributed by atoms with E-state index in [2.05, 4.69) is 20.4 Å². The van der Waals surface area contributed by atoms with Crippen molar-refractivity contribution in [3.63, 3.8) is 0 Å². The molecule has 1 aliphatic rings. The lowest BCUT2D eigenvalue weighted by molar-refractivity contribution is -0.0504. The minimum atomic E-state index is -2.82. The van der Waals surface area contributed by atoms with Crippen LogP contribution in [0.2, 0.25) is 0 Å². The first-order valence-electron chi connectivity index (χ1n) is 7.66. The van der Waals surface area contributed by atoms with Crippen LogP contribution < -0.4 is 15.4 Å². The molecule has 4 nitrogen and oxygen atoms in total. The van der Waals surface area contributed by atoms with Crippen LogP contribution in [-0.2, 0) is 6.54 Å². The highest BCUT2D eigenvalue weighted by atomic mass is 19.3. The molecule has 1 aliphatic carbocycles. The summed E-state index contributed by atoms with van der Waals surface area (Å²) in [6.07, 6.45) is 5.12. The number of nitrogens with zero attached hydrogens (tertiary/aromatic N) is 1. The van der Waals surface area contributed by atoms with Gasteiger partial charge in [-0.2, -0.15) is 8.78 Å². The molecule has 1 aromatic rings. The van der Waals surface area contributed by atoms with Crippen molar-refractivity contribution in [3.05, 3.63) is 29.8 Å². The van der Waals surface area contributed by atoms with Gasteiger partial charge >= 0.3 is 6.61 Å². The first-order valence-corrected chi connectivity index (χ1v) is 7.66. The highest BCUT2D eigenvalue weighted by Crippen LogP contribution is 2.33. The minimum absolute atomic E-state index is 0.189. The molecule has 0 aliphatic heterocycles. The van der Waals surface area contributed by atoms with Crippen LogP contribution in [0.25, 0.3) is 0 Å². The molecule has 2 rings (SSSR count). The van der Waals surface area contributed by atoms with E-state index in [1.807, 2.05) is 0 Å². The number of hydrogen-bond donors (Lipinski definition) is 2. The Kier molecular flexibility index (Phi) is 6.43. The van der Waals surface area contributed by atoms with Crippen molar-refractivity contribution in [2.24, 2.45) is 10.9 Å². The second kappa shape index (κ2) is 8.56. The number of guanidine groups is 1. The maximum atomic E-state index is 12.4. The number of aliphatic imine (C=N–C) groups is 1. The predicted octanol–water partition coefficient (Wildman–Crippen LogP) is 3.14. The van der Waals surface area contributed by atoms with E-state index in [1.165, 1.54) is 25.3 Å². The third-order valence-corrected chi connectivity index (χ3v) is 3.64. The quantitative estimate of drug-likeness (QED) is 0.440. The van der Waals surface area contributed by atoms with E-state index in [-0.39, 0.29) is 5.75 Å². The zero-order valence-corrected chi connectivity index (χ0v) is 12.8. The summed E-state index contributed by atoms with van der Waals surface area (Å²) >= 11 is 0. The van der Waals surface area contributed by atoms with Gasteiger partial charge < -0.3 is 15.4 Å². The Morgan fingerprint density at radius 2 is 2.09 bits per heavy atom. The van der Waals surface area contributed by atoms with E-state index in [4.69, 9.17) is 0 Å². The molecule has 0 heterocycles. The zero-order chi connectivity index (χ0) is 15.8. The van der Waals surface area contributed by atoms with Gasteiger partial charge in [-0.15, -0.1) is 0 Å². The second-order valence-corrected chi connectivity index (χ2v) is 5.42. The van der Waals surface area contributed by atoms with E-state index in [1.54, 1.807) is 25.2 Å². The fraction of sp³-hybridized carbons (Fsp3) is 0.562. The first kappa shape index (κ1) is 16.5. The second-order valence-electron chi connectivity index (χ2n) is 5.42. The molecular weight excluding hydrogens is 288 g/mol. The van der Waals surface area contributed by atoms with E-state index in [0.717, 1.165) is 18.9 Å². The molecule has 122 valence electrons. The van der Waals surface area contributed by atoms with Crippen LogP contribution in [-0.4, -0.2) is 26.2 Å². The number of nitrogens with one attached hydrogen (secondary N) is 2. The summed E-state index contributed by atoms with van der Waals surface area (Å²) in [4.78, 5) is 4.13. The number of hydrogen-bond acceptors (Lipinski definition) is 2. The summed E-state index contributed by atoms with van der Waals surface area (Å²) in [6.45, 7) is -1.57. The van der Waals surface area contributed by atoms with Gasteiger partial charge in [-0.1, -0.05) is 31.0 Å². The Labute approximate surface area is 130 Å². The maximum Gasteiger partial charge on any atom is 0.387 e. The fourth-order valence-electron chi connectivity index (χ4n) is 2.26. The maximum absolute atomic E-state index is 12.4. The SMILES string of the molecule is CN=C(NCCCC1CC1)NCc1ccccc1OC(F)F. The van der Waals surface area contributed by atoms with Crippen LogP contribution in [0, 0.1) is 5.92 Å². The third kappa shape index (κ3) is 5.87. The van der Waals surface area contributed by atoms with Crippen molar-refractivity contribution < 1.29 is 13.5 Å². The Balaban J connectivity index is 1.76. The van der Waals surface area contributed by atoms with Crippen LogP contribution in [0.15, 0.2) is 29.3 Å². The summed E-state index contributed by atoms with van der Waals surface area (Å²) < 4.78 is 29.2. The van der Waals surface area contributed by atoms with Crippen LogP contribution in [0.5, 0.6) is 5.75 Å². The first-order chi connectivity index (χ1) is 10.7. The standard InChI is InChI=1S/C16H23F2N3O/c1-19-16(20-10-4-5-12-8-9-12)21-11-13-6-2-3-7-14(13)22-15(17)18/h2-3,6-7,12,15H,4-5,8-11H2,1H3,(H2,19,20,21). The van der Waals surface area contributed by atoms with Gasteiger partial charge in [0.1, 0.15) is 5.75 Å². The van der Waals surface area contributed by atoms with Gasteiger partial charge in [-0.25, -0.2) is 0 Å². The van der Waals surface area contributed by atoms with Crippen molar-refractivity contribution in [3.8, 4) is 5.75 Å². The van der Waals surface area contributed by atoms with E-state index in [9.17, 15) is 8.78 Å². The summed E-state index contributed by atoms with van der Waals surface area (Å²) in [5.74, 6) is 1.78. The highest BCUT2D eigenvalue weighted by molar-refractivity contribution is 5.79.